The number of nitrogens with one attached hydrogen (secondary N) is 1. The van der Waals surface area contributed by atoms with Crippen molar-refractivity contribution in [2.45, 2.75) is 12.5 Å². The summed E-state index contributed by atoms with van der Waals surface area (Å²) in [6.07, 6.45) is -0.997. The Labute approximate surface area is 92.0 Å². The van der Waals surface area contributed by atoms with Crippen LogP contribution in [0.1, 0.15) is 18.2 Å². The van der Waals surface area contributed by atoms with Gasteiger partial charge in [-0.1, -0.05) is 18.2 Å². The fourth-order valence-corrected chi connectivity index (χ4v) is 1.58. The predicted octanol–water partition coefficient (Wildman–Crippen LogP) is 1.16. The molecule has 0 aliphatic rings. The van der Waals surface area contributed by atoms with Crippen LogP contribution in [0, 0.1) is 0 Å². The van der Waals surface area contributed by atoms with Gasteiger partial charge in [-0.3, -0.25) is 9.89 Å². The number of benzene rings is 1. The Bertz CT molecular complexity index is 507. The van der Waals surface area contributed by atoms with Crippen molar-refractivity contribution in [2.24, 2.45) is 0 Å². The Morgan fingerprint density at radius 2 is 2.31 bits per heavy atom. The molecule has 2 aromatic rings. The molecular weight excluding hydrogens is 208 g/mol. The molecule has 16 heavy (non-hydrogen) atoms. The first kappa shape index (κ1) is 10.6. The molecule has 0 saturated carbocycles. The van der Waals surface area contributed by atoms with Gasteiger partial charge in [0.2, 0.25) is 0 Å². The predicted molar refractivity (Wildman–Crippen MR) is 57.7 cm³/mol. The fraction of sp³-hybridized carbons (Fsp3) is 0.273. The second-order valence-electron chi connectivity index (χ2n) is 3.45. The minimum absolute atomic E-state index is 0.0807. The number of fused-ring (bicyclic) bond motifs is 1. The molecule has 1 heterocycles. The van der Waals surface area contributed by atoms with Gasteiger partial charge in [-0.05, 0) is 6.07 Å². The molecule has 1 aromatic heterocycles. The minimum Gasteiger partial charge on any atom is -0.469 e. The number of hydrogen-bond acceptors (Lipinski definition) is 4. The minimum atomic E-state index is -0.917. The van der Waals surface area contributed by atoms with Crippen molar-refractivity contribution >= 4 is 16.9 Å². The third kappa shape index (κ3) is 1.90. The monoisotopic (exact) mass is 220 g/mol. The van der Waals surface area contributed by atoms with Gasteiger partial charge >= 0.3 is 5.97 Å². The first-order chi connectivity index (χ1) is 7.72. The molecule has 5 heteroatoms. The number of aromatic nitrogens is 2. The molecule has 0 spiro atoms. The van der Waals surface area contributed by atoms with E-state index in [9.17, 15) is 9.90 Å². The Balaban J connectivity index is 2.29. The molecule has 84 valence electrons. The third-order valence-corrected chi connectivity index (χ3v) is 2.41. The van der Waals surface area contributed by atoms with E-state index in [-0.39, 0.29) is 6.42 Å². The number of aromatic amines is 1. The van der Waals surface area contributed by atoms with Gasteiger partial charge in [0, 0.05) is 5.39 Å². The molecule has 0 saturated heterocycles. The second-order valence-corrected chi connectivity index (χ2v) is 3.45. The zero-order chi connectivity index (χ0) is 11.5. The van der Waals surface area contributed by atoms with Crippen LogP contribution in [0.15, 0.2) is 24.3 Å². The second kappa shape index (κ2) is 4.32. The molecule has 5 nitrogen and oxygen atoms in total. The van der Waals surface area contributed by atoms with Crippen molar-refractivity contribution in [1.82, 2.24) is 10.2 Å². The van der Waals surface area contributed by atoms with Crippen LogP contribution in [-0.2, 0) is 9.53 Å². The van der Waals surface area contributed by atoms with E-state index in [2.05, 4.69) is 14.9 Å². The van der Waals surface area contributed by atoms with Gasteiger partial charge in [-0.25, -0.2) is 0 Å². The Kier molecular flexibility index (Phi) is 2.87. The molecule has 0 aliphatic carbocycles. The van der Waals surface area contributed by atoms with Crippen LogP contribution in [0.5, 0.6) is 0 Å². The summed E-state index contributed by atoms with van der Waals surface area (Å²) in [5, 5.41) is 17.4. The van der Waals surface area contributed by atoms with E-state index in [4.69, 9.17) is 0 Å². The summed E-state index contributed by atoms with van der Waals surface area (Å²) < 4.78 is 4.50. The van der Waals surface area contributed by atoms with Crippen LogP contribution in [-0.4, -0.2) is 28.4 Å². The van der Waals surface area contributed by atoms with Gasteiger partial charge in [-0.15, -0.1) is 0 Å². The van der Waals surface area contributed by atoms with Crippen LogP contribution in [0.3, 0.4) is 0 Å². The van der Waals surface area contributed by atoms with Crippen LogP contribution in [0.25, 0.3) is 10.9 Å². The summed E-state index contributed by atoms with van der Waals surface area (Å²) in [5.41, 5.74) is 1.31. The molecule has 0 unspecified atom stereocenters. The molecule has 0 fully saturated rings. The summed E-state index contributed by atoms with van der Waals surface area (Å²) in [6.45, 7) is 0. The number of rotatable bonds is 3. The SMILES string of the molecule is COC(=O)C[C@@H](O)c1[nH]nc2ccccc12. The first-order valence-electron chi connectivity index (χ1n) is 4.90. The number of esters is 1. The standard InChI is InChI=1S/C11H12N2O3/c1-16-10(15)6-9(14)11-7-4-2-3-5-8(7)12-13-11/h2-5,9,14H,6H2,1H3,(H,12,13)/t9-/m1/s1. The number of ether oxygens (including phenoxy) is 1. The lowest BCUT2D eigenvalue weighted by molar-refractivity contribution is -0.142. The molecule has 0 amide bonds. The average molecular weight is 220 g/mol. The summed E-state index contributed by atoms with van der Waals surface area (Å²) >= 11 is 0. The van der Waals surface area contributed by atoms with Crippen LogP contribution >= 0.6 is 0 Å². The smallest absolute Gasteiger partial charge is 0.308 e. The number of methoxy groups -OCH3 is 1. The molecule has 0 radical (unpaired) electrons. The highest BCUT2D eigenvalue weighted by atomic mass is 16.5. The van der Waals surface area contributed by atoms with E-state index >= 15 is 0 Å². The number of nitrogens with zero attached hydrogens (tertiary/aromatic N) is 1. The van der Waals surface area contributed by atoms with Gasteiger partial charge < -0.3 is 9.84 Å². The van der Waals surface area contributed by atoms with Gasteiger partial charge in [0.15, 0.2) is 0 Å². The highest BCUT2D eigenvalue weighted by Crippen LogP contribution is 2.23. The third-order valence-electron chi connectivity index (χ3n) is 2.41. The molecule has 2 rings (SSSR count). The van der Waals surface area contributed by atoms with Crippen LogP contribution < -0.4 is 0 Å². The molecule has 0 aliphatic heterocycles. The fourth-order valence-electron chi connectivity index (χ4n) is 1.58. The summed E-state index contributed by atoms with van der Waals surface area (Å²) in [7, 11) is 1.29. The number of para-hydroxylation sites is 1. The number of hydrogen-bond donors (Lipinski definition) is 2. The summed E-state index contributed by atoms with van der Waals surface area (Å²) in [4.78, 5) is 11.0. The molecule has 0 bridgehead atoms. The van der Waals surface area contributed by atoms with Crippen molar-refractivity contribution in [3.8, 4) is 0 Å². The Morgan fingerprint density at radius 1 is 1.56 bits per heavy atom. The quantitative estimate of drug-likeness (QED) is 0.761. The number of carbonyl (C=O) groups is 1. The van der Waals surface area contributed by atoms with Crippen LogP contribution in [0.2, 0.25) is 0 Å². The summed E-state index contributed by atoms with van der Waals surface area (Å²) in [6, 6.07) is 7.39. The van der Waals surface area contributed by atoms with Crippen molar-refractivity contribution in [3.05, 3.63) is 30.0 Å². The lowest BCUT2D eigenvalue weighted by Crippen LogP contribution is -2.08. The molecule has 1 atom stereocenters. The van der Waals surface area contributed by atoms with E-state index in [1.165, 1.54) is 7.11 Å². The van der Waals surface area contributed by atoms with Crippen molar-refractivity contribution in [2.75, 3.05) is 7.11 Å². The maximum Gasteiger partial charge on any atom is 0.308 e. The zero-order valence-corrected chi connectivity index (χ0v) is 8.80. The van der Waals surface area contributed by atoms with Crippen molar-refractivity contribution in [1.29, 1.82) is 0 Å². The number of H-pyrrole nitrogens is 1. The highest BCUT2D eigenvalue weighted by molar-refractivity contribution is 5.82. The molecule has 1 aromatic carbocycles. The Morgan fingerprint density at radius 3 is 3.06 bits per heavy atom. The largest absolute Gasteiger partial charge is 0.469 e. The lowest BCUT2D eigenvalue weighted by Gasteiger charge is -2.06. The highest BCUT2D eigenvalue weighted by Gasteiger charge is 2.17. The van der Waals surface area contributed by atoms with Gasteiger partial charge in [0.05, 0.1) is 24.7 Å². The summed E-state index contributed by atoms with van der Waals surface area (Å²) in [5.74, 6) is -0.453. The van der Waals surface area contributed by atoms with Crippen molar-refractivity contribution < 1.29 is 14.6 Å². The van der Waals surface area contributed by atoms with Gasteiger partial charge in [0.1, 0.15) is 6.10 Å². The van der Waals surface area contributed by atoms with Gasteiger partial charge in [-0.2, -0.15) is 5.10 Å². The van der Waals surface area contributed by atoms with Crippen molar-refractivity contribution in [3.63, 3.8) is 0 Å². The number of aliphatic hydroxyl groups is 1. The first-order valence-corrected chi connectivity index (χ1v) is 4.90. The normalized spacial score (nSPS) is 12.6. The van der Waals surface area contributed by atoms with Crippen LogP contribution in [0.4, 0.5) is 0 Å². The maximum atomic E-state index is 11.0. The molecule has 2 N–H and O–H groups in total. The zero-order valence-electron chi connectivity index (χ0n) is 8.80. The topological polar surface area (TPSA) is 75.2 Å². The number of carbonyl (C=O) groups excluding carboxylic acids is 1. The van der Waals surface area contributed by atoms with E-state index < -0.39 is 12.1 Å². The molecular formula is C11H12N2O3. The average Bonchev–Trinajstić information content (AvgIpc) is 2.72. The number of aliphatic hydroxyl groups excluding tert-OH is 1. The Hall–Kier alpha value is -1.88. The van der Waals surface area contributed by atoms with E-state index in [1.807, 2.05) is 24.3 Å². The van der Waals surface area contributed by atoms with E-state index in [0.29, 0.717) is 5.69 Å². The van der Waals surface area contributed by atoms with E-state index in [0.717, 1.165) is 10.9 Å². The lowest BCUT2D eigenvalue weighted by atomic mass is 10.1. The van der Waals surface area contributed by atoms with Gasteiger partial charge in [0.25, 0.3) is 0 Å². The van der Waals surface area contributed by atoms with E-state index in [1.54, 1.807) is 0 Å². The maximum absolute atomic E-state index is 11.0.